The molecule has 7 nitrogen and oxygen atoms in total. The third kappa shape index (κ3) is 4.55. The Kier molecular flexibility index (Phi) is 6.17. The first-order valence-electron chi connectivity index (χ1n) is 10.4. The highest BCUT2D eigenvalue weighted by atomic mass is 32.1. The van der Waals surface area contributed by atoms with Gasteiger partial charge in [-0.2, -0.15) is 0 Å². The van der Waals surface area contributed by atoms with Crippen LogP contribution in [-0.4, -0.2) is 47.2 Å². The second-order valence-electron chi connectivity index (χ2n) is 8.04. The molecule has 2 N–H and O–H groups in total. The standard InChI is InChI=1S/C22H29N5O2S/c1-15-11-17(3)18(12-16(15)2)25-21(30)26-19-13-23-14-24-20(19)27-7-5-22(6-8-27)28-9-4-10-29-22/h11-14H,4-10H2,1-3H3,(H2,25,26,30). The van der Waals surface area contributed by atoms with Crippen molar-refractivity contribution in [3.63, 3.8) is 0 Å². The number of nitrogens with zero attached hydrogens (tertiary/aromatic N) is 3. The normalized spacial score (nSPS) is 18.3. The molecule has 8 heteroatoms. The quantitative estimate of drug-likeness (QED) is 0.714. The fraction of sp³-hybridized carbons (Fsp3) is 0.500. The molecule has 0 unspecified atom stereocenters. The number of aromatic nitrogens is 2. The average molecular weight is 428 g/mol. The third-order valence-electron chi connectivity index (χ3n) is 5.87. The van der Waals surface area contributed by atoms with Gasteiger partial charge in [0, 0.05) is 31.6 Å². The Labute approximate surface area is 183 Å². The zero-order valence-corrected chi connectivity index (χ0v) is 18.6. The van der Waals surface area contributed by atoms with Gasteiger partial charge in [-0.1, -0.05) is 6.07 Å². The molecule has 0 bridgehead atoms. The van der Waals surface area contributed by atoms with Crippen LogP contribution < -0.4 is 15.5 Å². The van der Waals surface area contributed by atoms with E-state index in [1.165, 1.54) is 11.1 Å². The number of hydrogen-bond acceptors (Lipinski definition) is 6. The van der Waals surface area contributed by atoms with Crippen molar-refractivity contribution in [3.8, 4) is 0 Å². The van der Waals surface area contributed by atoms with Crippen LogP contribution in [0, 0.1) is 20.8 Å². The van der Waals surface area contributed by atoms with Crippen LogP contribution in [0.5, 0.6) is 0 Å². The first kappa shape index (κ1) is 21.0. The molecule has 0 atom stereocenters. The molecule has 0 radical (unpaired) electrons. The third-order valence-corrected chi connectivity index (χ3v) is 6.08. The molecular weight excluding hydrogens is 398 g/mol. The summed E-state index contributed by atoms with van der Waals surface area (Å²) in [5.74, 6) is 0.421. The maximum atomic E-state index is 5.95. The van der Waals surface area contributed by atoms with Crippen LogP contribution in [0.15, 0.2) is 24.7 Å². The van der Waals surface area contributed by atoms with Gasteiger partial charge in [0.2, 0.25) is 0 Å². The highest BCUT2D eigenvalue weighted by Crippen LogP contribution is 2.34. The topological polar surface area (TPSA) is 71.5 Å². The van der Waals surface area contributed by atoms with Gasteiger partial charge in [0.1, 0.15) is 12.0 Å². The van der Waals surface area contributed by atoms with Crippen molar-refractivity contribution in [2.24, 2.45) is 0 Å². The summed E-state index contributed by atoms with van der Waals surface area (Å²) < 4.78 is 11.9. The summed E-state index contributed by atoms with van der Waals surface area (Å²) in [5.41, 5.74) is 5.44. The average Bonchev–Trinajstić information content (AvgIpc) is 2.74. The number of anilines is 3. The van der Waals surface area contributed by atoms with Crippen LogP contribution in [0.2, 0.25) is 0 Å². The Morgan fingerprint density at radius 1 is 1.00 bits per heavy atom. The molecule has 1 aromatic carbocycles. The van der Waals surface area contributed by atoms with Crippen LogP contribution in [-0.2, 0) is 9.47 Å². The molecule has 2 aliphatic rings. The lowest BCUT2D eigenvalue weighted by Crippen LogP contribution is -2.50. The largest absolute Gasteiger partial charge is 0.354 e. The minimum Gasteiger partial charge on any atom is -0.354 e. The highest BCUT2D eigenvalue weighted by Gasteiger charge is 2.39. The van der Waals surface area contributed by atoms with Gasteiger partial charge in [0.05, 0.1) is 19.4 Å². The summed E-state index contributed by atoms with van der Waals surface area (Å²) in [6.07, 6.45) is 5.95. The molecule has 0 amide bonds. The molecule has 2 fully saturated rings. The molecule has 160 valence electrons. The van der Waals surface area contributed by atoms with Gasteiger partial charge in [-0.3, -0.25) is 0 Å². The van der Waals surface area contributed by atoms with E-state index in [9.17, 15) is 0 Å². The molecule has 30 heavy (non-hydrogen) atoms. The fourth-order valence-corrected chi connectivity index (χ4v) is 4.22. The monoisotopic (exact) mass is 427 g/mol. The lowest BCUT2D eigenvalue weighted by Gasteiger charge is -2.43. The molecule has 4 rings (SSSR count). The van der Waals surface area contributed by atoms with E-state index in [4.69, 9.17) is 21.7 Å². The van der Waals surface area contributed by atoms with E-state index in [0.29, 0.717) is 5.11 Å². The van der Waals surface area contributed by atoms with Crippen molar-refractivity contribution in [1.29, 1.82) is 0 Å². The summed E-state index contributed by atoms with van der Waals surface area (Å²) in [4.78, 5) is 10.9. The summed E-state index contributed by atoms with van der Waals surface area (Å²) >= 11 is 5.58. The van der Waals surface area contributed by atoms with Gasteiger partial charge < -0.3 is 25.0 Å². The van der Waals surface area contributed by atoms with E-state index in [2.05, 4.69) is 58.4 Å². The smallest absolute Gasteiger partial charge is 0.175 e. The molecular formula is C22H29N5O2S. The summed E-state index contributed by atoms with van der Waals surface area (Å²) in [5, 5.41) is 7.11. The summed E-state index contributed by atoms with van der Waals surface area (Å²) in [6.45, 7) is 9.46. The lowest BCUT2D eigenvalue weighted by molar-refractivity contribution is -0.275. The minimum absolute atomic E-state index is 0.424. The molecule has 1 aromatic heterocycles. The summed E-state index contributed by atoms with van der Waals surface area (Å²) in [7, 11) is 0. The maximum Gasteiger partial charge on any atom is 0.175 e. The van der Waals surface area contributed by atoms with Crippen molar-refractivity contribution in [1.82, 2.24) is 9.97 Å². The van der Waals surface area contributed by atoms with Gasteiger partial charge >= 0.3 is 0 Å². The second kappa shape index (κ2) is 8.83. The van der Waals surface area contributed by atoms with Crippen LogP contribution in [0.1, 0.15) is 36.0 Å². The highest BCUT2D eigenvalue weighted by molar-refractivity contribution is 7.80. The Hall–Kier alpha value is -2.29. The molecule has 1 spiro atoms. The van der Waals surface area contributed by atoms with E-state index < -0.39 is 5.79 Å². The van der Waals surface area contributed by atoms with Gasteiger partial charge in [-0.25, -0.2) is 9.97 Å². The van der Waals surface area contributed by atoms with Crippen molar-refractivity contribution in [2.45, 2.75) is 45.8 Å². The predicted molar refractivity (Wildman–Crippen MR) is 123 cm³/mol. The fourth-order valence-electron chi connectivity index (χ4n) is 4.00. The van der Waals surface area contributed by atoms with E-state index in [1.54, 1.807) is 12.5 Å². The molecule has 3 heterocycles. The Bertz CT molecular complexity index is 920. The number of nitrogens with one attached hydrogen (secondary N) is 2. The number of hydrogen-bond donors (Lipinski definition) is 2. The van der Waals surface area contributed by atoms with Crippen molar-refractivity contribution < 1.29 is 9.47 Å². The zero-order valence-electron chi connectivity index (χ0n) is 17.8. The Balaban J connectivity index is 1.44. The van der Waals surface area contributed by atoms with Crippen LogP contribution in [0.25, 0.3) is 0 Å². The van der Waals surface area contributed by atoms with Crippen LogP contribution >= 0.6 is 12.2 Å². The first-order chi connectivity index (χ1) is 14.5. The first-order valence-corrected chi connectivity index (χ1v) is 10.9. The van der Waals surface area contributed by atoms with Crippen molar-refractivity contribution in [3.05, 3.63) is 41.3 Å². The SMILES string of the molecule is Cc1cc(C)c(NC(=S)Nc2cncnc2N2CCC3(CC2)OCCCO3)cc1C. The van der Waals surface area contributed by atoms with Crippen molar-refractivity contribution >= 4 is 34.5 Å². The number of ether oxygens (including phenoxy) is 2. The Morgan fingerprint density at radius 3 is 2.40 bits per heavy atom. The van der Waals surface area contributed by atoms with E-state index in [0.717, 1.165) is 68.3 Å². The molecule has 2 aliphatic heterocycles. The van der Waals surface area contributed by atoms with Crippen molar-refractivity contribution in [2.75, 3.05) is 41.8 Å². The van der Waals surface area contributed by atoms with Gasteiger partial charge in [0.15, 0.2) is 16.7 Å². The lowest BCUT2D eigenvalue weighted by atomic mass is 10.0. The van der Waals surface area contributed by atoms with Crippen LogP contribution in [0.3, 0.4) is 0 Å². The number of rotatable bonds is 3. The molecule has 0 saturated carbocycles. The number of aryl methyl sites for hydroxylation is 3. The molecule has 0 aliphatic carbocycles. The summed E-state index contributed by atoms with van der Waals surface area (Å²) in [6, 6.07) is 4.28. The number of benzene rings is 1. The maximum absolute atomic E-state index is 5.95. The Morgan fingerprint density at radius 2 is 1.67 bits per heavy atom. The van der Waals surface area contributed by atoms with E-state index in [1.807, 2.05) is 0 Å². The number of piperidine rings is 1. The van der Waals surface area contributed by atoms with Crippen LogP contribution in [0.4, 0.5) is 17.2 Å². The van der Waals surface area contributed by atoms with Gasteiger partial charge in [-0.05, 0) is 62.2 Å². The van der Waals surface area contributed by atoms with Gasteiger partial charge in [0.25, 0.3) is 0 Å². The zero-order chi connectivity index (χ0) is 21.1. The predicted octanol–water partition coefficient (Wildman–Crippen LogP) is 3.94. The van der Waals surface area contributed by atoms with E-state index in [-0.39, 0.29) is 0 Å². The minimum atomic E-state index is -0.424. The van der Waals surface area contributed by atoms with E-state index >= 15 is 0 Å². The molecule has 2 saturated heterocycles. The van der Waals surface area contributed by atoms with Gasteiger partial charge in [-0.15, -0.1) is 0 Å². The molecule has 2 aromatic rings. The second-order valence-corrected chi connectivity index (χ2v) is 8.45. The number of thiocarbonyl (C=S) groups is 1.